The topological polar surface area (TPSA) is 143 Å². The number of rotatable bonds is 3. The maximum Gasteiger partial charge on any atom is 0.245 e. The molecule has 5 atom stereocenters. The third kappa shape index (κ3) is 5.78. The van der Waals surface area contributed by atoms with Gasteiger partial charge in [-0.3, -0.25) is 9.59 Å². The summed E-state index contributed by atoms with van der Waals surface area (Å²) in [4.78, 5) is 55.5. The number of ether oxygens (including phenoxy) is 1. The van der Waals surface area contributed by atoms with Crippen LogP contribution in [0.1, 0.15) is 25.1 Å². The van der Waals surface area contributed by atoms with Crippen LogP contribution in [0.2, 0.25) is 0 Å². The van der Waals surface area contributed by atoms with Crippen LogP contribution in [-0.4, -0.2) is 126 Å². The fourth-order valence-corrected chi connectivity index (χ4v) is 9.66. The monoisotopic (exact) mass is 804 g/mol. The molecule has 11 rings (SSSR count). The average molecular weight is 805 g/mol. The highest BCUT2D eigenvalue weighted by Crippen LogP contribution is 2.40. The number of carbonyl (C=O) groups excluding carboxylic acids is 2. The molecule has 9 heterocycles. The van der Waals surface area contributed by atoms with E-state index in [0.29, 0.717) is 98.2 Å². The number of halogens is 3. The number of amides is 2. The molecule has 0 unspecified atom stereocenters. The van der Waals surface area contributed by atoms with Gasteiger partial charge in [0, 0.05) is 63.6 Å². The summed E-state index contributed by atoms with van der Waals surface area (Å²) in [7, 11) is 1.77. The van der Waals surface area contributed by atoms with E-state index in [0.717, 1.165) is 17.6 Å². The Morgan fingerprint density at radius 3 is 2.61 bits per heavy atom. The molecule has 5 aliphatic heterocycles. The van der Waals surface area contributed by atoms with Crippen LogP contribution in [0.4, 0.5) is 30.8 Å². The van der Waals surface area contributed by atoms with Crippen molar-refractivity contribution < 1.29 is 27.5 Å². The summed E-state index contributed by atoms with van der Waals surface area (Å²) in [6.07, 6.45) is 2.79. The molecule has 4 saturated heterocycles. The molecule has 0 aliphatic carbocycles. The minimum Gasteiger partial charge on any atom is -0.374 e. The number of anilines is 3. The van der Waals surface area contributed by atoms with E-state index in [9.17, 15) is 9.18 Å². The van der Waals surface area contributed by atoms with E-state index in [2.05, 4.69) is 10.4 Å². The molecule has 6 aromatic rings. The van der Waals surface area contributed by atoms with Crippen LogP contribution >= 0.6 is 0 Å². The van der Waals surface area contributed by atoms with Crippen LogP contribution < -0.4 is 15.1 Å². The normalized spacial score (nSPS) is 24.3. The largest absolute Gasteiger partial charge is 0.374 e. The van der Waals surface area contributed by atoms with Crippen molar-refractivity contribution >= 4 is 51.5 Å². The molecule has 8 bridgehead atoms. The minimum atomic E-state index is -0.828. The van der Waals surface area contributed by atoms with Crippen LogP contribution in [0.25, 0.3) is 39.0 Å². The Bertz CT molecular complexity index is 2720. The first-order valence-electron chi connectivity index (χ1n) is 19.9. The van der Waals surface area contributed by atoms with Crippen molar-refractivity contribution in [2.45, 2.75) is 63.0 Å². The number of carbonyl (C=O) groups is 2. The van der Waals surface area contributed by atoms with Gasteiger partial charge in [-0.05, 0) is 56.5 Å². The van der Waals surface area contributed by atoms with Crippen LogP contribution in [0.3, 0.4) is 0 Å². The van der Waals surface area contributed by atoms with E-state index in [4.69, 9.17) is 24.7 Å². The number of pyridine rings is 1. The number of imidazole rings is 1. The standard InChI is InChI=1S/C41H39F3N12O3/c1-21-46-31-13-23(43)11-27-30-5-3-6-35(48-30)47-24-14-33(40(58)52-9-4-10-59-26(19-52)20-53(21)36(27)31)54(17-24)37-28-16-45-56(32-8-7-22(42)12-29(32)44)38(28)50-41(49-37)55-25-15-34(55)39(57)51(2)18-25/h3,5-8,11-13,16,24-26,33-34H,4,9-10,14-15,17-20H2,1-2H3,(H,47,48)/t24-,25+,26+,33-,34-/m0/s1. The molecular formula is C41H39F3N12O3. The van der Waals surface area contributed by atoms with Crippen LogP contribution in [0.5, 0.6) is 0 Å². The molecular weight excluding hydrogens is 766 g/mol. The highest BCUT2D eigenvalue weighted by atomic mass is 19.1. The van der Waals surface area contributed by atoms with Gasteiger partial charge in [-0.25, -0.2) is 27.8 Å². The molecule has 0 saturated carbocycles. The highest BCUT2D eigenvalue weighted by Gasteiger charge is 2.51. The molecule has 302 valence electrons. The maximum absolute atomic E-state index is 15.4. The van der Waals surface area contributed by atoms with E-state index in [1.807, 2.05) is 44.4 Å². The second-order valence-electron chi connectivity index (χ2n) is 16.1. The number of nitrogens with one attached hydrogen (secondary N) is 1. The number of benzene rings is 2. The van der Waals surface area contributed by atoms with Crippen molar-refractivity contribution in [3.63, 3.8) is 0 Å². The number of aromatic nitrogens is 7. The Balaban J connectivity index is 1.06. The predicted molar refractivity (Wildman–Crippen MR) is 211 cm³/mol. The van der Waals surface area contributed by atoms with Crippen LogP contribution in [0, 0.1) is 24.4 Å². The highest BCUT2D eigenvalue weighted by molar-refractivity contribution is 5.95. The SMILES string of the molecule is Cc1nc2cc(F)cc3c2n1C[C@H]1CN(CCCO1)C(=O)[C@@H]1C[C@@H](CN1c1nc(N2[C@@H]4C[C@H]2C(=O)N(C)C4)nc2c1cnn2-c1ccc(F)cc1F)Nc1cccc-3n1. The number of piperazine rings is 1. The number of hydrogen-bond donors (Lipinski definition) is 1. The van der Waals surface area contributed by atoms with Gasteiger partial charge in [-0.2, -0.15) is 15.1 Å². The smallest absolute Gasteiger partial charge is 0.245 e. The zero-order valence-electron chi connectivity index (χ0n) is 32.2. The Hall–Kier alpha value is -6.30. The number of aryl methyl sites for hydroxylation is 1. The van der Waals surface area contributed by atoms with Gasteiger partial charge in [0.2, 0.25) is 17.8 Å². The van der Waals surface area contributed by atoms with Crippen LogP contribution in [-0.2, 0) is 20.9 Å². The second-order valence-corrected chi connectivity index (χ2v) is 16.1. The Morgan fingerprint density at radius 1 is 0.881 bits per heavy atom. The van der Waals surface area contributed by atoms with Gasteiger partial charge in [0.05, 0.1) is 47.0 Å². The van der Waals surface area contributed by atoms with Crippen molar-refractivity contribution in [1.82, 2.24) is 44.1 Å². The van der Waals surface area contributed by atoms with E-state index >= 15 is 13.6 Å². The molecule has 1 N–H and O–H groups in total. The zero-order valence-corrected chi connectivity index (χ0v) is 32.2. The van der Waals surface area contributed by atoms with Gasteiger partial charge in [-0.15, -0.1) is 0 Å². The number of nitrogens with zero attached hydrogens (tertiary/aromatic N) is 11. The molecule has 15 nitrogen and oxygen atoms in total. The Kier molecular flexibility index (Phi) is 8.12. The third-order valence-electron chi connectivity index (χ3n) is 12.4. The molecule has 5 aliphatic rings. The summed E-state index contributed by atoms with van der Waals surface area (Å²) in [6, 6.07) is 10.2. The zero-order chi connectivity index (χ0) is 40.3. The van der Waals surface area contributed by atoms with Crippen molar-refractivity contribution in [2.75, 3.05) is 55.0 Å². The van der Waals surface area contributed by atoms with Crippen molar-refractivity contribution in [3.8, 4) is 16.9 Å². The first-order chi connectivity index (χ1) is 28.6. The summed E-state index contributed by atoms with van der Waals surface area (Å²) in [5, 5.41) is 8.56. The quantitative estimate of drug-likeness (QED) is 0.277. The van der Waals surface area contributed by atoms with Crippen LogP contribution in [0.15, 0.2) is 54.7 Å². The lowest BCUT2D eigenvalue weighted by atomic mass is 9.87. The summed E-state index contributed by atoms with van der Waals surface area (Å²) in [5.74, 6) is -0.259. The van der Waals surface area contributed by atoms with Gasteiger partial charge in [0.15, 0.2) is 11.5 Å². The Labute approximate surface area is 335 Å². The predicted octanol–water partition coefficient (Wildman–Crippen LogP) is 4.06. The molecule has 4 fully saturated rings. The molecule has 59 heavy (non-hydrogen) atoms. The van der Waals surface area contributed by atoms with Gasteiger partial charge in [-0.1, -0.05) is 6.07 Å². The summed E-state index contributed by atoms with van der Waals surface area (Å²) in [6.45, 7) is 4.28. The Morgan fingerprint density at radius 2 is 1.76 bits per heavy atom. The van der Waals surface area contributed by atoms with E-state index in [1.165, 1.54) is 29.1 Å². The molecule has 2 amide bonds. The molecule has 2 aromatic carbocycles. The van der Waals surface area contributed by atoms with Gasteiger partial charge in [0.25, 0.3) is 0 Å². The lowest BCUT2D eigenvalue weighted by molar-refractivity contribution is -0.138. The summed E-state index contributed by atoms with van der Waals surface area (Å²) in [5.41, 5.74) is 2.64. The fraction of sp³-hybridized carbons (Fsp3) is 0.390. The number of likely N-dealkylation sites (N-methyl/N-ethyl adjacent to an activating group) is 1. The lowest BCUT2D eigenvalue weighted by Crippen LogP contribution is -2.71. The fourth-order valence-electron chi connectivity index (χ4n) is 9.66. The maximum atomic E-state index is 15.4. The van der Waals surface area contributed by atoms with Crippen molar-refractivity contribution in [3.05, 3.63) is 78.0 Å². The first kappa shape index (κ1) is 35.8. The number of hydrogen-bond acceptors (Lipinski definition) is 11. The number of piperidine rings is 1. The van der Waals surface area contributed by atoms with Crippen molar-refractivity contribution in [1.29, 1.82) is 0 Å². The molecule has 0 radical (unpaired) electrons. The first-order valence-corrected chi connectivity index (χ1v) is 19.9. The van der Waals surface area contributed by atoms with Gasteiger partial charge < -0.3 is 34.2 Å². The third-order valence-corrected chi connectivity index (χ3v) is 12.4. The van der Waals surface area contributed by atoms with E-state index in [-0.39, 0.29) is 41.2 Å². The summed E-state index contributed by atoms with van der Waals surface area (Å²) >= 11 is 0. The van der Waals surface area contributed by atoms with Gasteiger partial charge in [0.1, 0.15) is 46.9 Å². The minimum absolute atomic E-state index is 0.0138. The lowest BCUT2D eigenvalue weighted by Gasteiger charge is -2.54. The average Bonchev–Trinajstić information content (AvgIpc) is 3.84. The number of likely N-dealkylation sites (tertiary alicyclic amines) is 1. The van der Waals surface area contributed by atoms with E-state index in [1.54, 1.807) is 11.9 Å². The summed E-state index contributed by atoms with van der Waals surface area (Å²) < 4.78 is 54.4. The second kappa shape index (κ2) is 13.4. The molecule has 0 spiro atoms. The molecule has 4 aromatic heterocycles. The van der Waals surface area contributed by atoms with Crippen molar-refractivity contribution in [2.24, 2.45) is 0 Å². The number of fused-ring (bicyclic) bond motifs is 10. The van der Waals surface area contributed by atoms with Gasteiger partial charge >= 0.3 is 0 Å². The van der Waals surface area contributed by atoms with E-state index < -0.39 is 35.6 Å². The molecule has 18 heteroatoms.